The number of likely N-dealkylation sites (N-methyl/N-ethyl adjacent to an activating group) is 1. The number of carbonyl (C=O) groups excluding carboxylic acids is 2. The van der Waals surface area contributed by atoms with E-state index in [1.165, 1.54) is 25.2 Å². The number of aliphatic hydroxyl groups excluding tert-OH is 1. The summed E-state index contributed by atoms with van der Waals surface area (Å²) in [4.78, 5) is 25.7. The van der Waals surface area contributed by atoms with Crippen molar-refractivity contribution < 1.29 is 37.1 Å². The number of aliphatic hydroxyl groups is 1. The summed E-state index contributed by atoms with van der Waals surface area (Å²) in [5.41, 5.74) is 1.47. The minimum atomic E-state index is -3.56. The van der Waals surface area contributed by atoms with Crippen molar-refractivity contribution >= 4 is 29.6 Å². The summed E-state index contributed by atoms with van der Waals surface area (Å²) in [6.45, 7) is -2.28. The van der Waals surface area contributed by atoms with Gasteiger partial charge in [0.25, 0.3) is 5.92 Å². The normalized spacial score (nSPS) is 12.1. The van der Waals surface area contributed by atoms with E-state index in [-0.39, 0.29) is 23.0 Å². The molecule has 0 radical (unpaired) electrons. The van der Waals surface area contributed by atoms with E-state index in [1.54, 1.807) is 24.3 Å². The van der Waals surface area contributed by atoms with Crippen LogP contribution in [0.15, 0.2) is 59.1 Å². The molecule has 1 aromatic heterocycles. The summed E-state index contributed by atoms with van der Waals surface area (Å²) < 4.78 is 51.6. The average Bonchev–Trinajstić information content (AvgIpc) is 3.35. The molecule has 37 heavy (non-hydrogen) atoms. The van der Waals surface area contributed by atoms with Gasteiger partial charge in [0.05, 0.1) is 11.1 Å². The highest BCUT2D eigenvalue weighted by Crippen LogP contribution is 2.24. The molecule has 0 fully saturated rings. The third-order valence-corrected chi connectivity index (χ3v) is 5.73. The largest absolute Gasteiger partial charge is 0.447 e. The number of hydrogen-bond donors (Lipinski definition) is 3. The number of hydrogen-bond acceptors (Lipinski definition) is 6. The van der Waals surface area contributed by atoms with Gasteiger partial charge < -0.3 is 24.6 Å². The summed E-state index contributed by atoms with van der Waals surface area (Å²) in [6, 6.07) is 12.3. The first-order chi connectivity index (χ1) is 17.6. The number of halogens is 4. The summed E-state index contributed by atoms with van der Waals surface area (Å²) in [5.74, 6) is -4.27. The smallest absolute Gasteiger partial charge is 0.414 e. The van der Waals surface area contributed by atoms with Gasteiger partial charge in [0.15, 0.2) is 0 Å². The van der Waals surface area contributed by atoms with Crippen LogP contribution in [0.3, 0.4) is 0 Å². The van der Waals surface area contributed by atoms with Crippen LogP contribution >= 0.6 is 11.6 Å². The Kier molecular flexibility index (Phi) is 9.36. The van der Waals surface area contributed by atoms with E-state index in [9.17, 15) is 22.8 Å². The maximum atomic E-state index is 14.0. The van der Waals surface area contributed by atoms with Crippen LogP contribution in [-0.4, -0.2) is 59.5 Å². The zero-order valence-electron chi connectivity index (χ0n) is 19.6. The number of benzene rings is 2. The van der Waals surface area contributed by atoms with Crippen molar-refractivity contribution in [3.63, 3.8) is 0 Å². The van der Waals surface area contributed by atoms with E-state index < -0.39 is 49.5 Å². The van der Waals surface area contributed by atoms with E-state index in [2.05, 4.69) is 15.8 Å². The molecule has 13 heteroatoms. The second-order valence-corrected chi connectivity index (χ2v) is 8.40. The molecule has 3 rings (SSSR count). The molecule has 9 nitrogen and oxygen atoms in total. The number of urea groups is 1. The molecule has 0 aliphatic carbocycles. The summed E-state index contributed by atoms with van der Waals surface area (Å²) >= 11 is 5.87. The number of alkyl halides is 2. The monoisotopic (exact) mass is 540 g/mol. The Hall–Kier alpha value is -3.77. The van der Waals surface area contributed by atoms with Crippen LogP contribution < -0.4 is 10.6 Å². The first kappa shape index (κ1) is 27.8. The number of aromatic nitrogens is 1. The summed E-state index contributed by atoms with van der Waals surface area (Å²) in [5, 5.41) is 17.4. The zero-order chi connectivity index (χ0) is 27.0. The zero-order valence-corrected chi connectivity index (χ0v) is 20.3. The Labute approximate surface area is 215 Å². The number of rotatable bonds is 10. The highest BCUT2D eigenvalue weighted by Gasteiger charge is 2.36. The van der Waals surface area contributed by atoms with Gasteiger partial charge in [-0.15, -0.1) is 0 Å². The predicted octanol–water partition coefficient (Wildman–Crippen LogP) is 4.91. The lowest BCUT2D eigenvalue weighted by atomic mass is 10.1. The number of anilines is 1. The fourth-order valence-corrected chi connectivity index (χ4v) is 3.44. The van der Waals surface area contributed by atoms with E-state index in [0.29, 0.717) is 5.69 Å². The summed E-state index contributed by atoms with van der Waals surface area (Å²) in [7, 11) is 1.21. The Bertz CT molecular complexity index is 1210. The van der Waals surface area contributed by atoms with Crippen LogP contribution in [0, 0.1) is 5.82 Å². The third-order valence-electron chi connectivity index (χ3n) is 5.31. The standard InChI is InChI=1S/C24H24ClF3N4O5/c1-32(22(34)29-12-16-8-5-9-18(26)21(16)25)17(11-24(27,28)14-33)13-36-23(35)30-20-10-19(31-37-20)15-6-3-2-4-7-15/h2-10,17,33H,11-14H2,1H3,(H,29,34)(H,30,35)/t17-/m0/s1. The first-order valence-electron chi connectivity index (χ1n) is 11.0. The van der Waals surface area contributed by atoms with Crippen LogP contribution in [0.4, 0.5) is 28.6 Å². The van der Waals surface area contributed by atoms with Gasteiger partial charge in [-0.3, -0.25) is 5.32 Å². The van der Waals surface area contributed by atoms with Gasteiger partial charge in [-0.2, -0.15) is 0 Å². The molecule has 2 aromatic carbocycles. The van der Waals surface area contributed by atoms with Crippen LogP contribution in [0.25, 0.3) is 11.3 Å². The quantitative estimate of drug-likeness (QED) is 0.336. The molecule has 0 aliphatic rings. The topological polar surface area (TPSA) is 117 Å². The van der Waals surface area contributed by atoms with Crippen molar-refractivity contribution in [2.75, 3.05) is 25.6 Å². The number of ether oxygens (including phenoxy) is 1. The van der Waals surface area contributed by atoms with E-state index in [0.717, 1.165) is 16.5 Å². The lowest BCUT2D eigenvalue weighted by molar-refractivity contribution is -0.0738. The van der Waals surface area contributed by atoms with Crippen LogP contribution in [0.5, 0.6) is 0 Å². The predicted molar refractivity (Wildman–Crippen MR) is 129 cm³/mol. The molecular formula is C24H24ClF3N4O5. The molecule has 0 aliphatic heterocycles. The Morgan fingerprint density at radius 2 is 1.95 bits per heavy atom. The second-order valence-electron chi connectivity index (χ2n) is 8.02. The Morgan fingerprint density at radius 1 is 1.22 bits per heavy atom. The minimum Gasteiger partial charge on any atom is -0.447 e. The fourth-order valence-electron chi connectivity index (χ4n) is 3.25. The van der Waals surface area contributed by atoms with Gasteiger partial charge in [0, 0.05) is 31.6 Å². The molecule has 3 N–H and O–H groups in total. The number of amides is 3. The lowest BCUT2D eigenvalue weighted by Crippen LogP contribution is -2.48. The second kappa shape index (κ2) is 12.5. The molecule has 0 saturated carbocycles. The van der Waals surface area contributed by atoms with Gasteiger partial charge in [0.2, 0.25) is 5.88 Å². The van der Waals surface area contributed by atoms with Crippen molar-refractivity contribution in [1.82, 2.24) is 15.4 Å². The molecule has 0 spiro atoms. The van der Waals surface area contributed by atoms with Crippen LogP contribution in [0.2, 0.25) is 5.02 Å². The van der Waals surface area contributed by atoms with Crippen molar-refractivity contribution in [1.29, 1.82) is 0 Å². The molecule has 3 amide bonds. The number of carbonyl (C=O) groups is 2. The maximum absolute atomic E-state index is 14.0. The van der Waals surface area contributed by atoms with E-state index >= 15 is 0 Å². The van der Waals surface area contributed by atoms with Gasteiger partial charge in [0.1, 0.15) is 24.7 Å². The molecule has 1 heterocycles. The van der Waals surface area contributed by atoms with Gasteiger partial charge in [-0.05, 0) is 11.6 Å². The Morgan fingerprint density at radius 3 is 2.65 bits per heavy atom. The van der Waals surface area contributed by atoms with Gasteiger partial charge in [-0.1, -0.05) is 59.2 Å². The molecule has 0 unspecified atom stereocenters. The van der Waals surface area contributed by atoms with Crippen molar-refractivity contribution in [3.8, 4) is 11.3 Å². The van der Waals surface area contributed by atoms with Gasteiger partial charge >= 0.3 is 12.1 Å². The minimum absolute atomic E-state index is 0.0424. The van der Waals surface area contributed by atoms with Crippen LogP contribution in [-0.2, 0) is 11.3 Å². The number of nitrogens with one attached hydrogen (secondary N) is 2. The first-order valence-corrected chi connectivity index (χ1v) is 11.4. The van der Waals surface area contributed by atoms with E-state index in [4.69, 9.17) is 26.0 Å². The van der Waals surface area contributed by atoms with Gasteiger partial charge in [-0.25, -0.2) is 22.8 Å². The molecular weight excluding hydrogens is 517 g/mol. The molecule has 198 valence electrons. The maximum Gasteiger partial charge on any atom is 0.414 e. The van der Waals surface area contributed by atoms with Crippen molar-refractivity contribution in [2.24, 2.45) is 0 Å². The lowest BCUT2D eigenvalue weighted by Gasteiger charge is -2.30. The van der Waals surface area contributed by atoms with Crippen molar-refractivity contribution in [3.05, 3.63) is 71.0 Å². The molecule has 0 saturated heterocycles. The van der Waals surface area contributed by atoms with E-state index in [1.807, 2.05) is 6.07 Å². The SMILES string of the molecule is CN(C(=O)NCc1cccc(F)c1Cl)[C@H](COC(=O)Nc1cc(-c2ccccc2)no1)CC(F)(F)CO. The van der Waals surface area contributed by atoms with Crippen molar-refractivity contribution in [2.45, 2.75) is 24.9 Å². The van der Waals surface area contributed by atoms with Crippen LogP contribution in [0.1, 0.15) is 12.0 Å². The Balaban J connectivity index is 1.60. The molecule has 3 aromatic rings. The molecule has 1 atom stereocenters. The fraction of sp³-hybridized carbons (Fsp3) is 0.292. The highest BCUT2D eigenvalue weighted by atomic mass is 35.5. The average molecular weight is 541 g/mol. The number of nitrogens with zero attached hydrogens (tertiary/aromatic N) is 2. The highest BCUT2D eigenvalue weighted by molar-refractivity contribution is 6.31. The third kappa shape index (κ3) is 7.86. The summed E-state index contributed by atoms with van der Waals surface area (Å²) in [6.07, 6.45) is -2.03. The molecule has 0 bridgehead atoms.